The van der Waals surface area contributed by atoms with Gasteiger partial charge in [-0.3, -0.25) is 9.36 Å². The molecule has 0 radical (unpaired) electrons. The lowest BCUT2D eigenvalue weighted by atomic mass is 9.98. The lowest BCUT2D eigenvalue weighted by Crippen LogP contribution is -2.15. The molecule has 2 aromatic carbocycles. The van der Waals surface area contributed by atoms with Crippen LogP contribution in [0.1, 0.15) is 41.4 Å². The van der Waals surface area contributed by atoms with Gasteiger partial charge in [0.1, 0.15) is 18.9 Å². The van der Waals surface area contributed by atoms with Crippen LogP contribution in [0.5, 0.6) is 11.5 Å². The normalized spacial score (nSPS) is 17.4. The molecule has 1 N–H and O–H groups in total. The third kappa shape index (κ3) is 3.70. The van der Waals surface area contributed by atoms with E-state index in [2.05, 4.69) is 10.2 Å². The molecule has 0 amide bonds. The Labute approximate surface area is 182 Å². The van der Waals surface area contributed by atoms with Crippen LogP contribution in [-0.2, 0) is 16.2 Å². The minimum Gasteiger partial charge on any atom is -0.493 e. The molecule has 162 valence electrons. The zero-order chi connectivity index (χ0) is 22.1. The molecule has 0 saturated carbocycles. The number of hydrogen-bond acceptors (Lipinski definition) is 6. The number of benzene rings is 2. The van der Waals surface area contributed by atoms with E-state index in [-0.39, 0.29) is 11.6 Å². The van der Waals surface area contributed by atoms with Gasteiger partial charge in [-0.05, 0) is 24.3 Å². The number of aliphatic carboxylic acids is 1. The first-order valence-corrected chi connectivity index (χ1v) is 9.74. The number of carboxylic acid groups (broad SMARTS) is 1. The van der Waals surface area contributed by atoms with Crippen LogP contribution in [0.25, 0.3) is 5.69 Å². The van der Waals surface area contributed by atoms with Crippen molar-refractivity contribution in [2.24, 2.45) is 0 Å². The number of hydrogen-bond donors (Lipinski definition) is 1. The Bertz CT molecular complexity index is 1140. The van der Waals surface area contributed by atoms with Crippen LogP contribution in [-0.4, -0.2) is 40.1 Å². The predicted molar refractivity (Wildman–Crippen MR) is 109 cm³/mol. The topological polar surface area (TPSA) is 95.7 Å². The third-order valence-electron chi connectivity index (χ3n) is 5.05. The van der Waals surface area contributed by atoms with Crippen LogP contribution in [0.2, 0.25) is 5.02 Å². The molecular formula is C21H19ClFN3O5. The average molecular weight is 448 g/mol. The maximum Gasteiger partial charge on any atom is 0.306 e. The maximum atomic E-state index is 13.7. The van der Waals surface area contributed by atoms with Gasteiger partial charge in [0.05, 0.1) is 26.3 Å². The fourth-order valence-corrected chi connectivity index (χ4v) is 3.96. The summed E-state index contributed by atoms with van der Waals surface area (Å²) in [4.78, 5) is 11.6. The number of rotatable bonds is 6. The Morgan fingerprint density at radius 1 is 1.23 bits per heavy atom. The fraction of sp³-hybridized carbons (Fsp3) is 0.286. The minimum absolute atomic E-state index is 0.0378. The number of alkyl halides is 1. The zero-order valence-electron chi connectivity index (χ0n) is 16.7. The van der Waals surface area contributed by atoms with Gasteiger partial charge < -0.3 is 19.3 Å². The summed E-state index contributed by atoms with van der Waals surface area (Å²) in [6, 6.07) is 10.4. The lowest BCUT2D eigenvalue weighted by molar-refractivity contribution is -0.141. The summed E-state index contributed by atoms with van der Waals surface area (Å²) in [5, 5.41) is 17.8. The Hall–Kier alpha value is -3.17. The number of carboxylic acids is 1. The summed E-state index contributed by atoms with van der Waals surface area (Å²) >= 11 is 6.29. The van der Waals surface area contributed by atoms with Crippen molar-refractivity contribution in [3.05, 3.63) is 64.2 Å². The smallest absolute Gasteiger partial charge is 0.306 e. The standard InChI is InChI=1S/C21H19ClFN3O5/c1-29-15-5-3-4-12(20(15)30-2)19-13-8-11(22)6-7-14(13)26-17(10-23)24-25-21(26)16(31-19)9-18(27)28/h3-8,16,19H,9-10H2,1-2H3,(H,27,28)/t16-,19-/m0/s1. The molecule has 0 fully saturated rings. The summed E-state index contributed by atoms with van der Waals surface area (Å²) in [6.07, 6.45) is -2.19. The number of aromatic nitrogens is 3. The van der Waals surface area contributed by atoms with E-state index >= 15 is 0 Å². The molecule has 2 atom stereocenters. The number of fused-ring (bicyclic) bond motifs is 3. The van der Waals surface area contributed by atoms with E-state index in [0.717, 1.165) is 0 Å². The highest BCUT2D eigenvalue weighted by atomic mass is 35.5. The van der Waals surface area contributed by atoms with Crippen molar-refractivity contribution < 1.29 is 28.5 Å². The summed E-state index contributed by atoms with van der Waals surface area (Å²) in [5.41, 5.74) is 1.73. The van der Waals surface area contributed by atoms with Crippen LogP contribution in [0.15, 0.2) is 36.4 Å². The number of halogens is 2. The van der Waals surface area contributed by atoms with Crippen molar-refractivity contribution in [2.75, 3.05) is 14.2 Å². The van der Waals surface area contributed by atoms with Gasteiger partial charge in [0.25, 0.3) is 0 Å². The fourth-order valence-electron chi connectivity index (χ4n) is 3.78. The first-order valence-electron chi connectivity index (χ1n) is 9.36. The molecule has 3 aromatic rings. The molecule has 1 aromatic heterocycles. The monoisotopic (exact) mass is 447 g/mol. The van der Waals surface area contributed by atoms with Crippen molar-refractivity contribution in [3.8, 4) is 17.2 Å². The van der Waals surface area contributed by atoms with Gasteiger partial charge in [-0.15, -0.1) is 10.2 Å². The third-order valence-corrected chi connectivity index (χ3v) is 5.29. The molecular weight excluding hydrogens is 429 g/mol. The van der Waals surface area contributed by atoms with Crippen molar-refractivity contribution in [2.45, 2.75) is 25.3 Å². The van der Waals surface area contributed by atoms with Gasteiger partial charge in [0.2, 0.25) is 0 Å². The van der Waals surface area contributed by atoms with E-state index in [1.807, 2.05) is 0 Å². The molecule has 2 heterocycles. The Morgan fingerprint density at radius 3 is 2.71 bits per heavy atom. The van der Waals surface area contributed by atoms with Gasteiger partial charge in [0, 0.05) is 16.1 Å². The molecule has 0 spiro atoms. The molecule has 31 heavy (non-hydrogen) atoms. The Morgan fingerprint density at radius 2 is 2.03 bits per heavy atom. The lowest BCUT2D eigenvalue weighted by Gasteiger charge is -2.24. The van der Waals surface area contributed by atoms with E-state index in [1.165, 1.54) is 18.8 Å². The molecule has 8 nitrogen and oxygen atoms in total. The first kappa shape index (κ1) is 21.1. The van der Waals surface area contributed by atoms with Crippen LogP contribution >= 0.6 is 11.6 Å². The molecule has 4 rings (SSSR count). The zero-order valence-corrected chi connectivity index (χ0v) is 17.5. The molecule has 0 saturated heterocycles. The van der Waals surface area contributed by atoms with Gasteiger partial charge in [-0.1, -0.05) is 23.7 Å². The number of methoxy groups -OCH3 is 2. The predicted octanol–water partition coefficient (Wildman–Crippen LogP) is 4.04. The SMILES string of the molecule is COc1cccc([C@@H]2O[C@@H](CC(=O)O)c3nnc(CF)n3-c3ccc(Cl)cc32)c1OC. The van der Waals surface area contributed by atoms with Crippen molar-refractivity contribution in [3.63, 3.8) is 0 Å². The second-order valence-corrected chi connectivity index (χ2v) is 7.27. The highest BCUT2D eigenvalue weighted by Gasteiger charge is 2.36. The summed E-state index contributed by atoms with van der Waals surface area (Å²) in [5.74, 6) is 0.0499. The number of carbonyl (C=O) groups is 1. The average Bonchev–Trinajstić information content (AvgIpc) is 3.14. The quantitative estimate of drug-likeness (QED) is 0.609. The van der Waals surface area contributed by atoms with Gasteiger partial charge >= 0.3 is 5.97 Å². The van der Waals surface area contributed by atoms with Crippen molar-refractivity contribution in [1.29, 1.82) is 0 Å². The second kappa shape index (κ2) is 8.52. The van der Waals surface area contributed by atoms with Crippen molar-refractivity contribution >= 4 is 17.6 Å². The highest BCUT2D eigenvalue weighted by molar-refractivity contribution is 6.30. The summed E-state index contributed by atoms with van der Waals surface area (Å²) in [6.45, 7) is -0.887. The Balaban J connectivity index is 2.00. The van der Waals surface area contributed by atoms with Crippen LogP contribution in [0.4, 0.5) is 4.39 Å². The Kier molecular flexibility index (Phi) is 5.79. The summed E-state index contributed by atoms with van der Waals surface area (Å²) < 4.78 is 32.5. The van der Waals surface area contributed by atoms with E-state index in [0.29, 0.717) is 33.3 Å². The number of para-hydroxylation sites is 1. The molecule has 10 heteroatoms. The number of nitrogens with zero attached hydrogens (tertiary/aromatic N) is 3. The number of ether oxygens (including phenoxy) is 3. The van der Waals surface area contributed by atoms with Gasteiger partial charge in [0.15, 0.2) is 23.1 Å². The van der Waals surface area contributed by atoms with Crippen LogP contribution < -0.4 is 9.47 Å². The maximum absolute atomic E-state index is 13.7. The molecule has 0 bridgehead atoms. The van der Waals surface area contributed by atoms with Gasteiger partial charge in [-0.2, -0.15) is 0 Å². The second-order valence-electron chi connectivity index (χ2n) is 6.83. The van der Waals surface area contributed by atoms with Crippen LogP contribution in [0, 0.1) is 0 Å². The van der Waals surface area contributed by atoms with E-state index < -0.39 is 31.3 Å². The molecule has 1 aliphatic heterocycles. The first-order chi connectivity index (χ1) is 15.0. The molecule has 1 aliphatic rings. The minimum atomic E-state index is -1.10. The highest BCUT2D eigenvalue weighted by Crippen LogP contribution is 2.46. The largest absolute Gasteiger partial charge is 0.493 e. The molecule has 0 unspecified atom stereocenters. The summed E-state index contributed by atoms with van der Waals surface area (Å²) in [7, 11) is 3.02. The van der Waals surface area contributed by atoms with E-state index in [4.69, 9.17) is 25.8 Å². The molecule has 0 aliphatic carbocycles. The van der Waals surface area contributed by atoms with Crippen LogP contribution in [0.3, 0.4) is 0 Å². The van der Waals surface area contributed by atoms with E-state index in [9.17, 15) is 14.3 Å². The van der Waals surface area contributed by atoms with Crippen molar-refractivity contribution in [1.82, 2.24) is 14.8 Å². The van der Waals surface area contributed by atoms with E-state index in [1.54, 1.807) is 36.4 Å². The van der Waals surface area contributed by atoms with Gasteiger partial charge in [-0.25, -0.2) is 4.39 Å².